The molecule has 0 radical (unpaired) electrons. The molecule has 0 amide bonds. The lowest BCUT2D eigenvalue weighted by molar-refractivity contribution is 0.562. The molecule has 16 heavy (non-hydrogen) atoms. The van der Waals surface area contributed by atoms with E-state index in [0.717, 1.165) is 16.8 Å². The minimum Gasteiger partial charge on any atom is -0.348 e. The molecular weight excluding hydrogens is 266 g/mol. The van der Waals surface area contributed by atoms with Crippen LogP contribution in [0.2, 0.25) is 0 Å². The highest BCUT2D eigenvalue weighted by Crippen LogP contribution is 2.17. The number of aromatic amines is 1. The fourth-order valence-corrected chi connectivity index (χ4v) is 1.96. The van der Waals surface area contributed by atoms with E-state index in [9.17, 15) is 0 Å². The van der Waals surface area contributed by atoms with Crippen LogP contribution in [0.5, 0.6) is 0 Å². The molecule has 0 aliphatic heterocycles. The van der Waals surface area contributed by atoms with Gasteiger partial charge in [0, 0.05) is 22.9 Å². The van der Waals surface area contributed by atoms with Gasteiger partial charge in [0.1, 0.15) is 5.82 Å². The maximum absolute atomic E-state index is 4.17. The Morgan fingerprint density at radius 1 is 1.50 bits per heavy atom. The highest BCUT2D eigenvalue weighted by atomic mass is 79.9. The maximum atomic E-state index is 4.17. The van der Waals surface area contributed by atoms with E-state index >= 15 is 0 Å². The average molecular weight is 280 g/mol. The van der Waals surface area contributed by atoms with Crippen LogP contribution in [0, 0.1) is 0 Å². The fourth-order valence-electron chi connectivity index (χ4n) is 1.54. The van der Waals surface area contributed by atoms with Gasteiger partial charge in [-0.15, -0.1) is 0 Å². The molecule has 1 heterocycles. The van der Waals surface area contributed by atoms with Crippen molar-refractivity contribution in [2.75, 3.05) is 0 Å². The van der Waals surface area contributed by atoms with Crippen molar-refractivity contribution in [2.45, 2.75) is 19.5 Å². The van der Waals surface area contributed by atoms with Gasteiger partial charge in [-0.1, -0.05) is 28.1 Å². The summed E-state index contributed by atoms with van der Waals surface area (Å²) in [5.74, 6) is 0.960. The predicted octanol–water partition coefficient (Wildman–Crippen LogP) is 3.02. The van der Waals surface area contributed by atoms with Crippen LogP contribution in [-0.4, -0.2) is 9.97 Å². The second-order valence-corrected chi connectivity index (χ2v) is 4.61. The summed E-state index contributed by atoms with van der Waals surface area (Å²) in [6.07, 6.45) is 3.60. The molecule has 0 aliphatic rings. The van der Waals surface area contributed by atoms with Crippen molar-refractivity contribution >= 4 is 15.9 Å². The predicted molar refractivity (Wildman–Crippen MR) is 68.0 cm³/mol. The quantitative estimate of drug-likeness (QED) is 0.903. The summed E-state index contributed by atoms with van der Waals surface area (Å²) in [5.41, 5.74) is 1.26. The van der Waals surface area contributed by atoms with Gasteiger partial charge in [-0.05, 0) is 24.6 Å². The number of benzene rings is 1. The molecule has 0 spiro atoms. The van der Waals surface area contributed by atoms with Gasteiger partial charge in [0.15, 0.2) is 0 Å². The van der Waals surface area contributed by atoms with E-state index in [1.54, 1.807) is 6.20 Å². The summed E-state index contributed by atoms with van der Waals surface area (Å²) in [6.45, 7) is 2.89. The summed E-state index contributed by atoms with van der Waals surface area (Å²) in [5, 5.41) is 3.41. The Labute approximate surface area is 103 Å². The van der Waals surface area contributed by atoms with Crippen LogP contribution in [-0.2, 0) is 6.54 Å². The number of rotatable bonds is 4. The zero-order valence-corrected chi connectivity index (χ0v) is 10.7. The first-order valence-corrected chi connectivity index (χ1v) is 6.02. The zero-order chi connectivity index (χ0) is 11.4. The summed E-state index contributed by atoms with van der Waals surface area (Å²) in [7, 11) is 0. The lowest BCUT2D eigenvalue weighted by Crippen LogP contribution is -2.18. The van der Waals surface area contributed by atoms with Crippen molar-refractivity contribution in [3.05, 3.63) is 52.5 Å². The van der Waals surface area contributed by atoms with Crippen LogP contribution in [0.4, 0.5) is 0 Å². The first-order chi connectivity index (χ1) is 7.75. The summed E-state index contributed by atoms with van der Waals surface area (Å²) in [6, 6.07) is 8.63. The molecule has 4 heteroatoms. The number of nitrogens with zero attached hydrogens (tertiary/aromatic N) is 1. The highest BCUT2D eigenvalue weighted by molar-refractivity contribution is 9.10. The van der Waals surface area contributed by atoms with Crippen LogP contribution in [0.15, 0.2) is 41.1 Å². The lowest BCUT2D eigenvalue weighted by atomic mass is 10.1. The third kappa shape index (κ3) is 2.93. The van der Waals surface area contributed by atoms with Crippen molar-refractivity contribution in [1.82, 2.24) is 15.3 Å². The molecule has 0 aliphatic carbocycles. The first-order valence-electron chi connectivity index (χ1n) is 5.23. The van der Waals surface area contributed by atoms with Gasteiger partial charge in [0.05, 0.1) is 6.54 Å². The highest BCUT2D eigenvalue weighted by Gasteiger charge is 2.05. The first kappa shape index (κ1) is 11.4. The number of H-pyrrole nitrogens is 1. The largest absolute Gasteiger partial charge is 0.348 e. The maximum Gasteiger partial charge on any atom is 0.120 e. The third-order valence-electron chi connectivity index (χ3n) is 2.48. The van der Waals surface area contributed by atoms with Crippen LogP contribution >= 0.6 is 15.9 Å². The molecule has 3 nitrogen and oxygen atoms in total. The van der Waals surface area contributed by atoms with Gasteiger partial charge < -0.3 is 10.3 Å². The molecule has 0 unspecified atom stereocenters. The van der Waals surface area contributed by atoms with Gasteiger partial charge in [0.2, 0.25) is 0 Å². The number of hydrogen-bond donors (Lipinski definition) is 2. The van der Waals surface area contributed by atoms with E-state index in [2.05, 4.69) is 50.3 Å². The second kappa shape index (κ2) is 5.27. The molecule has 1 atom stereocenters. The molecule has 2 rings (SSSR count). The SMILES string of the molecule is C[C@@H](NCc1ncc[nH]1)c1cccc(Br)c1. The standard InChI is InChI=1S/C12H14BrN3/c1-9(10-3-2-4-11(13)7-10)16-8-12-14-5-6-15-12/h2-7,9,16H,8H2,1H3,(H,14,15)/t9-/m1/s1. The summed E-state index contributed by atoms with van der Waals surface area (Å²) < 4.78 is 1.11. The van der Waals surface area contributed by atoms with Crippen LogP contribution in [0.25, 0.3) is 0 Å². The van der Waals surface area contributed by atoms with Crippen LogP contribution in [0.3, 0.4) is 0 Å². The molecule has 2 aromatic rings. The number of halogens is 1. The Morgan fingerprint density at radius 2 is 2.38 bits per heavy atom. The molecule has 0 saturated heterocycles. The lowest BCUT2D eigenvalue weighted by Gasteiger charge is -2.13. The van der Waals surface area contributed by atoms with Gasteiger partial charge in [0.25, 0.3) is 0 Å². The van der Waals surface area contributed by atoms with Crippen molar-refractivity contribution in [1.29, 1.82) is 0 Å². The minimum atomic E-state index is 0.308. The monoisotopic (exact) mass is 279 g/mol. The van der Waals surface area contributed by atoms with Crippen molar-refractivity contribution in [3.8, 4) is 0 Å². The summed E-state index contributed by atoms with van der Waals surface area (Å²) in [4.78, 5) is 7.24. The molecular formula is C12H14BrN3. The molecule has 2 N–H and O–H groups in total. The zero-order valence-electron chi connectivity index (χ0n) is 9.07. The fraction of sp³-hybridized carbons (Fsp3) is 0.250. The van der Waals surface area contributed by atoms with Crippen molar-refractivity contribution < 1.29 is 0 Å². The Bertz CT molecular complexity index is 439. The minimum absolute atomic E-state index is 0.308. The van der Waals surface area contributed by atoms with E-state index in [4.69, 9.17) is 0 Å². The van der Waals surface area contributed by atoms with E-state index in [1.807, 2.05) is 18.3 Å². The molecule has 1 aromatic carbocycles. The Hall–Kier alpha value is -1.13. The van der Waals surface area contributed by atoms with E-state index in [-0.39, 0.29) is 0 Å². The average Bonchev–Trinajstić information content (AvgIpc) is 2.78. The molecule has 0 fully saturated rings. The second-order valence-electron chi connectivity index (χ2n) is 3.69. The topological polar surface area (TPSA) is 40.7 Å². The summed E-state index contributed by atoms with van der Waals surface area (Å²) >= 11 is 3.47. The van der Waals surface area contributed by atoms with Gasteiger partial charge in [-0.3, -0.25) is 0 Å². The normalized spacial score (nSPS) is 12.6. The van der Waals surface area contributed by atoms with Gasteiger partial charge >= 0.3 is 0 Å². The van der Waals surface area contributed by atoms with Crippen molar-refractivity contribution in [2.24, 2.45) is 0 Å². The van der Waals surface area contributed by atoms with Crippen LogP contribution in [0.1, 0.15) is 24.4 Å². The van der Waals surface area contributed by atoms with Crippen LogP contribution < -0.4 is 5.32 Å². The van der Waals surface area contributed by atoms with E-state index in [1.165, 1.54) is 5.56 Å². The molecule has 1 aromatic heterocycles. The third-order valence-corrected chi connectivity index (χ3v) is 2.97. The molecule has 84 valence electrons. The number of imidazole rings is 1. The number of hydrogen-bond acceptors (Lipinski definition) is 2. The Kier molecular flexibility index (Phi) is 3.74. The van der Waals surface area contributed by atoms with Crippen molar-refractivity contribution in [3.63, 3.8) is 0 Å². The van der Waals surface area contributed by atoms with E-state index in [0.29, 0.717) is 6.04 Å². The molecule has 0 bridgehead atoms. The number of nitrogens with one attached hydrogen (secondary N) is 2. The smallest absolute Gasteiger partial charge is 0.120 e. The van der Waals surface area contributed by atoms with Gasteiger partial charge in [-0.25, -0.2) is 4.98 Å². The Balaban J connectivity index is 1.95. The van der Waals surface area contributed by atoms with E-state index < -0.39 is 0 Å². The Morgan fingerprint density at radius 3 is 3.06 bits per heavy atom. The molecule has 0 saturated carbocycles. The number of aromatic nitrogens is 2. The van der Waals surface area contributed by atoms with Gasteiger partial charge in [-0.2, -0.15) is 0 Å².